The minimum Gasteiger partial charge on any atom is -0.354 e. The van der Waals surface area contributed by atoms with Gasteiger partial charge in [0.05, 0.1) is 34.5 Å². The molecule has 0 saturated carbocycles. The van der Waals surface area contributed by atoms with E-state index in [4.69, 9.17) is 11.6 Å². The Morgan fingerprint density at radius 1 is 1.31 bits per heavy atom. The van der Waals surface area contributed by atoms with Gasteiger partial charge in [-0.15, -0.1) is 5.10 Å². The lowest BCUT2D eigenvalue weighted by molar-refractivity contribution is -0.113. The summed E-state index contributed by atoms with van der Waals surface area (Å²) in [5.41, 5.74) is 3.97. The van der Waals surface area contributed by atoms with Crippen molar-refractivity contribution >= 4 is 45.7 Å². The van der Waals surface area contributed by atoms with Gasteiger partial charge in [-0.05, 0) is 60.5 Å². The van der Waals surface area contributed by atoms with Crippen LogP contribution in [0.5, 0.6) is 0 Å². The smallest absolute Gasteiger partial charge is 0.160 e. The van der Waals surface area contributed by atoms with Crippen LogP contribution in [0.4, 0.5) is 20.2 Å². The molecule has 0 spiro atoms. The molecule has 4 rings (SSSR count). The van der Waals surface area contributed by atoms with E-state index in [2.05, 4.69) is 26.7 Å². The average molecular weight is 493 g/mol. The van der Waals surface area contributed by atoms with Crippen LogP contribution < -0.4 is 5.32 Å². The highest BCUT2D eigenvalue weighted by Gasteiger charge is 2.14. The maximum atomic E-state index is 13.6. The summed E-state index contributed by atoms with van der Waals surface area (Å²) in [6.45, 7) is 1.42. The van der Waals surface area contributed by atoms with Gasteiger partial charge in [0.2, 0.25) is 0 Å². The van der Waals surface area contributed by atoms with Crippen molar-refractivity contribution in [2.24, 2.45) is 0 Å². The normalized spacial score (nSPS) is 11.2. The second-order valence-corrected chi connectivity index (χ2v) is 8.19. The Bertz CT molecular complexity index is 1490. The first kappa shape index (κ1) is 24.0. The van der Waals surface area contributed by atoms with E-state index < -0.39 is 12.5 Å². The number of hydrogen-bond donors (Lipinski definition) is 1. The minimum absolute atomic E-state index is 0.0505. The number of alkyl halides is 1. The number of fused-ring (bicyclic) bond motifs is 1. The molecule has 0 amide bonds. The predicted octanol–water partition coefficient (Wildman–Crippen LogP) is 5.34. The summed E-state index contributed by atoms with van der Waals surface area (Å²) >= 11 is 5.90. The van der Waals surface area contributed by atoms with Crippen LogP contribution in [0.1, 0.15) is 22.4 Å². The molecule has 1 N–H and O–H groups in total. The van der Waals surface area contributed by atoms with Crippen molar-refractivity contribution in [3.8, 4) is 6.07 Å². The molecule has 0 aliphatic heterocycles. The summed E-state index contributed by atoms with van der Waals surface area (Å²) in [6, 6.07) is 9.94. The number of nitriles is 1. The molecular weight excluding hydrogens is 474 g/mol. The summed E-state index contributed by atoms with van der Waals surface area (Å²) in [5, 5.41) is 21.0. The van der Waals surface area contributed by atoms with Crippen LogP contribution in [-0.4, -0.2) is 32.4 Å². The summed E-state index contributed by atoms with van der Waals surface area (Å²) in [7, 11) is 0. The molecule has 35 heavy (non-hydrogen) atoms. The number of pyridine rings is 1. The number of anilines is 2. The van der Waals surface area contributed by atoms with Gasteiger partial charge in [0.15, 0.2) is 5.78 Å². The maximum Gasteiger partial charge on any atom is 0.160 e. The fourth-order valence-corrected chi connectivity index (χ4v) is 3.71. The number of aromatic nitrogens is 4. The third-order valence-electron chi connectivity index (χ3n) is 5.31. The van der Waals surface area contributed by atoms with E-state index in [1.54, 1.807) is 6.20 Å². The Balaban J connectivity index is 1.64. The number of ketones is 1. The first-order valence-corrected chi connectivity index (χ1v) is 11.0. The van der Waals surface area contributed by atoms with Crippen LogP contribution in [0.25, 0.3) is 17.0 Å². The number of carbonyl (C=O) groups is 1. The van der Waals surface area contributed by atoms with Gasteiger partial charge in [-0.2, -0.15) is 5.26 Å². The van der Waals surface area contributed by atoms with E-state index >= 15 is 0 Å². The van der Waals surface area contributed by atoms with Crippen molar-refractivity contribution in [1.82, 2.24) is 20.0 Å². The molecule has 2 aromatic heterocycles. The summed E-state index contributed by atoms with van der Waals surface area (Å²) in [6.07, 6.45) is 6.05. The van der Waals surface area contributed by atoms with E-state index in [1.165, 1.54) is 41.2 Å². The molecule has 0 aliphatic carbocycles. The van der Waals surface area contributed by atoms with Gasteiger partial charge in [-0.1, -0.05) is 16.8 Å². The first-order valence-electron chi connectivity index (χ1n) is 10.6. The molecule has 0 radical (unpaired) electrons. The fourth-order valence-electron chi connectivity index (χ4n) is 3.53. The van der Waals surface area contributed by atoms with Crippen LogP contribution in [0, 0.1) is 24.1 Å². The monoisotopic (exact) mass is 492 g/mol. The number of carbonyl (C=O) groups excluding carboxylic acids is 1. The van der Waals surface area contributed by atoms with Crippen molar-refractivity contribution in [3.05, 3.63) is 82.0 Å². The van der Waals surface area contributed by atoms with E-state index in [1.807, 2.05) is 19.1 Å². The second-order valence-electron chi connectivity index (χ2n) is 7.78. The van der Waals surface area contributed by atoms with Crippen molar-refractivity contribution in [2.75, 3.05) is 12.0 Å². The SMILES string of the molecule is Cc1cc2ncc(C#N)c(Nc3ccc(F)c(Cl)c3)c2cc1CC(=O)/C=C/c1cn(CCF)nn1. The zero-order chi connectivity index (χ0) is 24.9. The summed E-state index contributed by atoms with van der Waals surface area (Å²) in [5.74, 6) is -0.719. The molecule has 0 unspecified atom stereocenters. The molecule has 176 valence electrons. The van der Waals surface area contributed by atoms with Crippen molar-refractivity contribution in [2.45, 2.75) is 19.9 Å². The molecule has 7 nitrogen and oxygen atoms in total. The number of allylic oxidation sites excluding steroid dienone is 1. The van der Waals surface area contributed by atoms with Crippen molar-refractivity contribution in [1.29, 1.82) is 5.26 Å². The Kier molecular flexibility index (Phi) is 7.13. The molecule has 0 atom stereocenters. The number of rotatable bonds is 8. The molecule has 0 saturated heterocycles. The van der Waals surface area contributed by atoms with Crippen LogP contribution in [-0.2, 0) is 17.8 Å². The largest absolute Gasteiger partial charge is 0.354 e. The Morgan fingerprint density at radius 3 is 2.89 bits per heavy atom. The number of nitrogens with zero attached hydrogens (tertiary/aromatic N) is 5. The van der Waals surface area contributed by atoms with E-state index in [0.29, 0.717) is 28.0 Å². The first-order chi connectivity index (χ1) is 16.9. The van der Waals surface area contributed by atoms with Crippen LogP contribution in [0.3, 0.4) is 0 Å². The summed E-state index contributed by atoms with van der Waals surface area (Å²) in [4.78, 5) is 17.0. The predicted molar refractivity (Wildman–Crippen MR) is 130 cm³/mol. The Hall–Kier alpha value is -4.16. The van der Waals surface area contributed by atoms with E-state index in [-0.39, 0.29) is 29.3 Å². The number of halogens is 3. The number of nitrogens with one attached hydrogen (secondary N) is 1. The molecule has 4 aromatic rings. The van der Waals surface area contributed by atoms with Crippen LogP contribution in [0.15, 0.2) is 48.8 Å². The third kappa shape index (κ3) is 5.50. The highest BCUT2D eigenvalue weighted by Crippen LogP contribution is 2.32. The zero-order valence-electron chi connectivity index (χ0n) is 18.6. The van der Waals surface area contributed by atoms with E-state index in [0.717, 1.165) is 11.1 Å². The van der Waals surface area contributed by atoms with Gasteiger partial charge in [-0.3, -0.25) is 9.78 Å². The lowest BCUT2D eigenvalue weighted by Gasteiger charge is -2.14. The number of hydrogen-bond acceptors (Lipinski definition) is 6. The van der Waals surface area contributed by atoms with Gasteiger partial charge in [0, 0.05) is 23.7 Å². The summed E-state index contributed by atoms with van der Waals surface area (Å²) < 4.78 is 27.4. The fraction of sp³-hybridized carbons (Fsp3) is 0.160. The molecule has 2 heterocycles. The lowest BCUT2D eigenvalue weighted by Crippen LogP contribution is -2.03. The van der Waals surface area contributed by atoms with Crippen LogP contribution >= 0.6 is 11.6 Å². The Labute approximate surface area is 204 Å². The average Bonchev–Trinajstić information content (AvgIpc) is 3.29. The minimum atomic E-state index is -0.555. The van der Waals surface area contributed by atoms with Crippen molar-refractivity contribution < 1.29 is 13.6 Å². The van der Waals surface area contributed by atoms with Gasteiger partial charge < -0.3 is 5.32 Å². The highest BCUT2D eigenvalue weighted by atomic mass is 35.5. The third-order valence-corrected chi connectivity index (χ3v) is 5.60. The maximum absolute atomic E-state index is 13.6. The molecule has 0 aliphatic rings. The highest BCUT2D eigenvalue weighted by molar-refractivity contribution is 6.31. The molecular formula is C25H19ClF2N6O. The second kappa shape index (κ2) is 10.4. The molecule has 10 heteroatoms. The van der Waals surface area contributed by atoms with Gasteiger partial charge in [0.25, 0.3) is 0 Å². The topological polar surface area (TPSA) is 96.5 Å². The number of benzene rings is 2. The van der Waals surface area contributed by atoms with Crippen molar-refractivity contribution in [3.63, 3.8) is 0 Å². The van der Waals surface area contributed by atoms with Gasteiger partial charge in [0.1, 0.15) is 24.3 Å². The number of aryl methyl sites for hydroxylation is 2. The quantitative estimate of drug-likeness (QED) is 0.334. The zero-order valence-corrected chi connectivity index (χ0v) is 19.4. The van der Waals surface area contributed by atoms with Crippen LogP contribution in [0.2, 0.25) is 5.02 Å². The van der Waals surface area contributed by atoms with Gasteiger partial charge in [-0.25, -0.2) is 13.5 Å². The standard InChI is InChI=1S/C25H19ClF2N6O/c1-15-8-24-21(10-16(15)9-20(35)4-2-19-14-34(7-6-27)33-32-19)25(17(12-29)13-30-24)31-18-3-5-23(28)22(26)11-18/h2-5,8,10-11,13-14H,6-7,9H2,1H3,(H,30,31)/b4-2+. The molecule has 0 fully saturated rings. The molecule has 2 aromatic carbocycles. The molecule has 0 bridgehead atoms. The lowest BCUT2D eigenvalue weighted by atomic mass is 9.98. The van der Waals surface area contributed by atoms with E-state index in [9.17, 15) is 18.8 Å². The Morgan fingerprint density at radius 2 is 2.14 bits per heavy atom. The van der Waals surface area contributed by atoms with Gasteiger partial charge >= 0.3 is 0 Å².